The average Bonchev–Trinajstić information content (AvgIpc) is 3.13. The van der Waals surface area contributed by atoms with E-state index in [0.717, 1.165) is 15.1 Å². The number of halogens is 5. The SMILES string of the molecule is CON(C(=O)c1cn(C)nc1C(F)F)C(C)C(C)Oc1c(Cl)cc2cc(Cl)ccc2c1Cl. The summed E-state index contributed by atoms with van der Waals surface area (Å²) in [6.07, 6.45) is -2.37. The number of alkyl halides is 2. The fraction of sp³-hybridized carbons (Fsp3) is 0.333. The van der Waals surface area contributed by atoms with E-state index >= 15 is 0 Å². The van der Waals surface area contributed by atoms with Crippen LogP contribution in [0.5, 0.6) is 5.75 Å². The molecule has 1 heterocycles. The number of aryl methyl sites for hydroxylation is 1. The Balaban J connectivity index is 1.88. The number of fused-ring (bicyclic) bond motifs is 1. The van der Waals surface area contributed by atoms with Crippen LogP contribution in [0.3, 0.4) is 0 Å². The summed E-state index contributed by atoms with van der Waals surface area (Å²) in [4.78, 5) is 18.2. The molecule has 0 bridgehead atoms. The van der Waals surface area contributed by atoms with Gasteiger partial charge in [0.2, 0.25) is 0 Å². The zero-order chi connectivity index (χ0) is 23.7. The number of hydroxylamine groups is 2. The van der Waals surface area contributed by atoms with Crippen LogP contribution in [0.15, 0.2) is 30.5 Å². The number of amides is 1. The predicted molar refractivity (Wildman–Crippen MR) is 120 cm³/mol. The smallest absolute Gasteiger partial charge is 0.282 e. The minimum absolute atomic E-state index is 0.223. The Morgan fingerprint density at radius 1 is 1.19 bits per heavy atom. The van der Waals surface area contributed by atoms with E-state index in [1.54, 1.807) is 38.1 Å². The first kappa shape index (κ1) is 24.5. The van der Waals surface area contributed by atoms with Crippen molar-refractivity contribution in [3.8, 4) is 5.75 Å². The third kappa shape index (κ3) is 4.78. The molecular formula is C21H20Cl3F2N3O3. The largest absolute Gasteiger partial charge is 0.485 e. The van der Waals surface area contributed by atoms with Crippen molar-refractivity contribution in [3.63, 3.8) is 0 Å². The van der Waals surface area contributed by atoms with Gasteiger partial charge in [0.1, 0.15) is 11.8 Å². The molecular weight excluding hydrogens is 487 g/mol. The molecule has 2 unspecified atom stereocenters. The summed E-state index contributed by atoms with van der Waals surface area (Å²) in [5, 5.41) is 7.12. The van der Waals surface area contributed by atoms with Gasteiger partial charge in [0.25, 0.3) is 12.3 Å². The van der Waals surface area contributed by atoms with Crippen molar-refractivity contribution in [2.24, 2.45) is 7.05 Å². The molecule has 0 saturated heterocycles. The molecule has 1 amide bonds. The standard InChI is InChI=1S/C21H20Cl3F2N3O3/c1-10(29(31-4)21(30)15-9-28(3)27-18(15)20(25)26)11(2)32-19-16(23)8-12-7-13(22)5-6-14(12)17(19)24/h5-11,20H,1-4H3. The van der Waals surface area contributed by atoms with Gasteiger partial charge in [-0.1, -0.05) is 40.9 Å². The number of ether oxygens (including phenoxy) is 1. The van der Waals surface area contributed by atoms with E-state index in [2.05, 4.69) is 5.10 Å². The van der Waals surface area contributed by atoms with Crippen LogP contribution in [-0.2, 0) is 11.9 Å². The maximum absolute atomic E-state index is 13.3. The molecule has 0 aliphatic rings. The van der Waals surface area contributed by atoms with Gasteiger partial charge in [-0.2, -0.15) is 5.10 Å². The van der Waals surface area contributed by atoms with Crippen LogP contribution >= 0.6 is 34.8 Å². The highest BCUT2D eigenvalue weighted by molar-refractivity contribution is 6.41. The van der Waals surface area contributed by atoms with Gasteiger partial charge >= 0.3 is 0 Å². The molecule has 2 atom stereocenters. The van der Waals surface area contributed by atoms with E-state index in [9.17, 15) is 13.6 Å². The lowest BCUT2D eigenvalue weighted by Gasteiger charge is -2.31. The predicted octanol–water partition coefficient (Wildman–Crippen LogP) is 6.33. The number of hydrogen-bond donors (Lipinski definition) is 0. The molecule has 0 spiro atoms. The third-order valence-electron chi connectivity index (χ3n) is 4.99. The van der Waals surface area contributed by atoms with Gasteiger partial charge < -0.3 is 4.74 Å². The van der Waals surface area contributed by atoms with Crippen LogP contribution in [0.1, 0.15) is 36.3 Å². The molecule has 0 N–H and O–H groups in total. The van der Waals surface area contributed by atoms with Gasteiger partial charge in [-0.25, -0.2) is 13.8 Å². The van der Waals surface area contributed by atoms with Crippen molar-refractivity contribution in [2.45, 2.75) is 32.4 Å². The lowest BCUT2D eigenvalue weighted by molar-refractivity contribution is -0.137. The monoisotopic (exact) mass is 505 g/mol. The molecule has 0 fully saturated rings. The summed E-state index contributed by atoms with van der Waals surface area (Å²) >= 11 is 18.9. The second kappa shape index (κ2) is 9.79. The molecule has 3 rings (SSSR count). The molecule has 11 heteroatoms. The number of rotatable bonds is 7. The van der Waals surface area contributed by atoms with E-state index in [0.29, 0.717) is 10.4 Å². The third-order valence-corrected chi connectivity index (χ3v) is 5.88. The van der Waals surface area contributed by atoms with E-state index in [1.807, 2.05) is 0 Å². The molecule has 172 valence electrons. The van der Waals surface area contributed by atoms with Crippen molar-refractivity contribution in [1.82, 2.24) is 14.8 Å². The first-order chi connectivity index (χ1) is 15.0. The number of hydrogen-bond acceptors (Lipinski definition) is 4. The normalized spacial score (nSPS) is 13.4. The molecule has 2 aromatic carbocycles. The van der Waals surface area contributed by atoms with Crippen LogP contribution in [-0.4, -0.2) is 40.0 Å². The van der Waals surface area contributed by atoms with Crippen LogP contribution in [0.4, 0.5) is 8.78 Å². The second-order valence-electron chi connectivity index (χ2n) is 7.15. The van der Waals surface area contributed by atoms with Crippen molar-refractivity contribution < 1.29 is 23.1 Å². The molecule has 3 aromatic rings. The van der Waals surface area contributed by atoms with Gasteiger partial charge in [0.15, 0.2) is 5.75 Å². The fourth-order valence-electron chi connectivity index (χ4n) is 3.25. The van der Waals surface area contributed by atoms with Gasteiger partial charge in [0, 0.05) is 23.7 Å². The van der Waals surface area contributed by atoms with E-state index < -0.39 is 30.2 Å². The summed E-state index contributed by atoms with van der Waals surface area (Å²) in [5.41, 5.74) is -0.887. The first-order valence-electron chi connectivity index (χ1n) is 9.48. The van der Waals surface area contributed by atoms with Gasteiger partial charge in [0.05, 0.1) is 28.8 Å². The summed E-state index contributed by atoms with van der Waals surface area (Å²) < 4.78 is 33.8. The Hall–Kier alpha value is -2.13. The summed E-state index contributed by atoms with van der Waals surface area (Å²) in [6.45, 7) is 3.33. The van der Waals surface area contributed by atoms with Crippen LogP contribution in [0.25, 0.3) is 10.8 Å². The van der Waals surface area contributed by atoms with Gasteiger partial charge in [-0.3, -0.25) is 14.3 Å². The molecule has 1 aromatic heterocycles. The van der Waals surface area contributed by atoms with Crippen molar-refractivity contribution in [2.75, 3.05) is 7.11 Å². The topological polar surface area (TPSA) is 56.6 Å². The summed E-state index contributed by atoms with van der Waals surface area (Å²) in [7, 11) is 2.71. The first-order valence-corrected chi connectivity index (χ1v) is 10.6. The average molecular weight is 507 g/mol. The van der Waals surface area contributed by atoms with Crippen LogP contribution in [0, 0.1) is 0 Å². The molecule has 6 nitrogen and oxygen atoms in total. The Labute approximate surface area is 198 Å². The van der Waals surface area contributed by atoms with Crippen molar-refractivity contribution in [3.05, 3.63) is 56.8 Å². The number of benzene rings is 2. The highest BCUT2D eigenvalue weighted by atomic mass is 35.5. The maximum atomic E-state index is 13.3. The molecule has 32 heavy (non-hydrogen) atoms. The zero-order valence-corrected chi connectivity index (χ0v) is 19.8. The number of carbonyl (C=O) groups is 1. The second-order valence-corrected chi connectivity index (χ2v) is 8.37. The summed E-state index contributed by atoms with van der Waals surface area (Å²) in [5.74, 6) is -0.551. The van der Waals surface area contributed by atoms with Crippen molar-refractivity contribution >= 4 is 51.5 Å². The molecule has 0 aliphatic carbocycles. The van der Waals surface area contributed by atoms with Crippen LogP contribution in [0.2, 0.25) is 15.1 Å². The Bertz CT molecular complexity index is 1160. The quantitative estimate of drug-likeness (QED) is 0.351. The van der Waals surface area contributed by atoms with Crippen molar-refractivity contribution in [1.29, 1.82) is 0 Å². The maximum Gasteiger partial charge on any atom is 0.282 e. The molecule has 0 saturated carbocycles. The minimum Gasteiger partial charge on any atom is -0.485 e. The van der Waals surface area contributed by atoms with E-state index in [1.165, 1.54) is 20.4 Å². The van der Waals surface area contributed by atoms with E-state index in [4.69, 9.17) is 44.4 Å². The minimum atomic E-state index is -2.92. The lowest BCUT2D eigenvalue weighted by atomic mass is 10.1. The van der Waals surface area contributed by atoms with Crippen LogP contribution < -0.4 is 4.74 Å². The number of carbonyl (C=O) groups excluding carboxylic acids is 1. The Morgan fingerprint density at radius 2 is 1.88 bits per heavy atom. The molecule has 0 aliphatic heterocycles. The van der Waals surface area contributed by atoms with E-state index in [-0.39, 0.29) is 21.4 Å². The summed E-state index contributed by atoms with van der Waals surface area (Å²) in [6, 6.07) is 6.14. The Morgan fingerprint density at radius 3 is 2.50 bits per heavy atom. The Kier molecular flexibility index (Phi) is 7.50. The lowest BCUT2D eigenvalue weighted by Crippen LogP contribution is -2.45. The van der Waals surface area contributed by atoms with Gasteiger partial charge in [-0.15, -0.1) is 0 Å². The highest BCUT2D eigenvalue weighted by Gasteiger charge is 2.32. The number of nitrogens with zero attached hydrogens (tertiary/aromatic N) is 3. The zero-order valence-electron chi connectivity index (χ0n) is 17.6. The fourth-order valence-corrected chi connectivity index (χ4v) is 4.05. The highest BCUT2D eigenvalue weighted by Crippen LogP contribution is 2.41. The number of aromatic nitrogens is 2. The van der Waals surface area contributed by atoms with Gasteiger partial charge in [-0.05, 0) is 37.4 Å². The molecule has 0 radical (unpaired) electrons.